The highest BCUT2D eigenvalue weighted by atomic mass is 32.1. The van der Waals surface area contributed by atoms with Crippen LogP contribution in [-0.2, 0) is 6.42 Å². The molecule has 2 aromatic rings. The lowest BCUT2D eigenvalue weighted by Crippen LogP contribution is -1.90. The van der Waals surface area contributed by atoms with E-state index >= 15 is 0 Å². The van der Waals surface area contributed by atoms with E-state index in [1.165, 1.54) is 0 Å². The van der Waals surface area contributed by atoms with Gasteiger partial charge < -0.3 is 9.84 Å². The van der Waals surface area contributed by atoms with Gasteiger partial charge in [0.25, 0.3) is 0 Å². The number of aliphatic hydroxyl groups excluding tert-OH is 1. The quantitative estimate of drug-likeness (QED) is 0.886. The number of thiazole rings is 1. The maximum atomic E-state index is 8.86. The lowest BCUT2D eigenvalue weighted by atomic mass is 10.2. The molecule has 0 unspecified atom stereocenters. The monoisotopic (exact) mass is 249 g/mol. The Bertz CT molecular complexity index is 465. The molecule has 0 saturated carbocycles. The summed E-state index contributed by atoms with van der Waals surface area (Å²) in [6, 6.07) is 7.91. The average molecular weight is 249 g/mol. The number of benzene rings is 1. The second-order valence-electron chi connectivity index (χ2n) is 3.56. The zero-order valence-corrected chi connectivity index (χ0v) is 10.5. The third-order valence-electron chi connectivity index (χ3n) is 2.32. The van der Waals surface area contributed by atoms with Crippen molar-refractivity contribution < 1.29 is 9.84 Å². The first-order valence-corrected chi connectivity index (χ1v) is 6.44. The van der Waals surface area contributed by atoms with Crippen LogP contribution in [0.25, 0.3) is 10.6 Å². The molecule has 0 fully saturated rings. The third kappa shape index (κ3) is 3.05. The molecule has 4 heteroatoms. The van der Waals surface area contributed by atoms with E-state index in [1.54, 1.807) is 11.3 Å². The van der Waals surface area contributed by atoms with Crippen LogP contribution in [0.5, 0.6) is 5.75 Å². The molecule has 1 N–H and O–H groups in total. The molecule has 1 aromatic heterocycles. The molecule has 0 bridgehead atoms. The Hall–Kier alpha value is -1.39. The number of aliphatic hydroxyl groups is 1. The topological polar surface area (TPSA) is 42.4 Å². The molecule has 2 rings (SSSR count). The number of ether oxygens (including phenoxy) is 1. The van der Waals surface area contributed by atoms with Crippen molar-refractivity contribution in [3.63, 3.8) is 0 Å². The van der Waals surface area contributed by atoms with Crippen LogP contribution in [0.1, 0.15) is 11.8 Å². The Kier molecular flexibility index (Phi) is 4.12. The van der Waals surface area contributed by atoms with Crippen molar-refractivity contribution >= 4 is 11.3 Å². The van der Waals surface area contributed by atoms with Gasteiger partial charge in [-0.15, -0.1) is 11.3 Å². The van der Waals surface area contributed by atoms with Crippen molar-refractivity contribution in [3.05, 3.63) is 35.3 Å². The van der Waals surface area contributed by atoms with Crippen molar-refractivity contribution in [2.24, 2.45) is 0 Å². The number of aromatic nitrogens is 1. The molecular formula is C13H15NO2S. The van der Waals surface area contributed by atoms with Gasteiger partial charge in [0.2, 0.25) is 0 Å². The maximum absolute atomic E-state index is 8.86. The second-order valence-corrected chi connectivity index (χ2v) is 4.68. The van der Waals surface area contributed by atoms with Crippen LogP contribution in [0.15, 0.2) is 30.5 Å². The molecule has 1 aromatic carbocycles. The number of nitrogens with zero attached hydrogens (tertiary/aromatic N) is 1. The summed E-state index contributed by atoms with van der Waals surface area (Å²) in [6.07, 6.45) is 2.50. The van der Waals surface area contributed by atoms with Crippen LogP contribution >= 0.6 is 11.3 Å². The van der Waals surface area contributed by atoms with E-state index in [4.69, 9.17) is 9.84 Å². The van der Waals surface area contributed by atoms with Crippen molar-refractivity contribution in [1.82, 2.24) is 4.98 Å². The van der Waals surface area contributed by atoms with Crippen LogP contribution in [-0.4, -0.2) is 23.3 Å². The van der Waals surface area contributed by atoms with E-state index < -0.39 is 0 Å². The van der Waals surface area contributed by atoms with Crippen LogP contribution < -0.4 is 4.74 Å². The van der Waals surface area contributed by atoms with Gasteiger partial charge in [0.15, 0.2) is 0 Å². The van der Waals surface area contributed by atoms with E-state index in [2.05, 4.69) is 4.98 Å². The minimum atomic E-state index is 0.172. The van der Waals surface area contributed by atoms with Gasteiger partial charge in [0.05, 0.1) is 6.61 Å². The van der Waals surface area contributed by atoms with Crippen molar-refractivity contribution in [3.8, 4) is 16.3 Å². The molecule has 0 amide bonds. The molecule has 3 nitrogen and oxygen atoms in total. The standard InChI is InChI=1S/C13H15NO2S/c1-2-16-11-5-3-10(4-6-11)13-14-9-12(17-13)7-8-15/h3-6,9,15H,2,7-8H2,1H3. The van der Waals surface area contributed by atoms with Gasteiger partial charge in [-0.3, -0.25) is 0 Å². The van der Waals surface area contributed by atoms with E-state index in [0.717, 1.165) is 21.2 Å². The van der Waals surface area contributed by atoms with Gasteiger partial charge in [-0.05, 0) is 31.2 Å². The van der Waals surface area contributed by atoms with Gasteiger partial charge in [0, 0.05) is 29.7 Å². The zero-order chi connectivity index (χ0) is 12.1. The summed E-state index contributed by atoms with van der Waals surface area (Å²) in [5.74, 6) is 0.878. The number of rotatable bonds is 5. The fourth-order valence-corrected chi connectivity index (χ4v) is 2.43. The highest BCUT2D eigenvalue weighted by molar-refractivity contribution is 7.15. The van der Waals surface area contributed by atoms with Crippen molar-refractivity contribution in [2.75, 3.05) is 13.2 Å². The summed E-state index contributed by atoms with van der Waals surface area (Å²) < 4.78 is 5.39. The van der Waals surface area contributed by atoms with Crippen molar-refractivity contribution in [2.45, 2.75) is 13.3 Å². The lowest BCUT2D eigenvalue weighted by molar-refractivity contribution is 0.300. The average Bonchev–Trinajstić information content (AvgIpc) is 2.80. The van der Waals surface area contributed by atoms with Crippen LogP contribution in [0.4, 0.5) is 0 Å². The third-order valence-corrected chi connectivity index (χ3v) is 3.43. The second kappa shape index (κ2) is 5.80. The number of hydrogen-bond donors (Lipinski definition) is 1. The Morgan fingerprint density at radius 3 is 2.71 bits per heavy atom. The van der Waals surface area contributed by atoms with Crippen LogP contribution in [0, 0.1) is 0 Å². The fraction of sp³-hybridized carbons (Fsp3) is 0.308. The SMILES string of the molecule is CCOc1ccc(-c2ncc(CCO)s2)cc1. The fourth-order valence-electron chi connectivity index (χ4n) is 1.53. The molecule has 90 valence electrons. The lowest BCUT2D eigenvalue weighted by Gasteiger charge is -2.02. The maximum Gasteiger partial charge on any atom is 0.123 e. The summed E-state index contributed by atoms with van der Waals surface area (Å²) in [5.41, 5.74) is 1.09. The molecule has 0 radical (unpaired) electrons. The summed E-state index contributed by atoms with van der Waals surface area (Å²) in [5, 5.41) is 9.84. The van der Waals surface area contributed by atoms with E-state index in [9.17, 15) is 0 Å². The molecule has 0 spiro atoms. The van der Waals surface area contributed by atoms with E-state index in [1.807, 2.05) is 37.4 Å². The molecule has 0 aliphatic carbocycles. The van der Waals surface area contributed by atoms with Crippen molar-refractivity contribution in [1.29, 1.82) is 0 Å². The minimum absolute atomic E-state index is 0.172. The molecular weight excluding hydrogens is 234 g/mol. The van der Waals surface area contributed by atoms with Gasteiger partial charge >= 0.3 is 0 Å². The Balaban J connectivity index is 2.15. The molecule has 0 aliphatic rings. The molecule has 0 aliphatic heterocycles. The summed E-state index contributed by atoms with van der Waals surface area (Å²) >= 11 is 1.62. The first kappa shape index (κ1) is 12.1. The Morgan fingerprint density at radius 2 is 2.06 bits per heavy atom. The Morgan fingerprint density at radius 1 is 1.29 bits per heavy atom. The van der Waals surface area contributed by atoms with Gasteiger partial charge in [-0.2, -0.15) is 0 Å². The van der Waals surface area contributed by atoms with E-state index in [0.29, 0.717) is 13.0 Å². The minimum Gasteiger partial charge on any atom is -0.494 e. The number of hydrogen-bond acceptors (Lipinski definition) is 4. The molecule has 0 atom stereocenters. The van der Waals surface area contributed by atoms with Gasteiger partial charge in [-0.25, -0.2) is 4.98 Å². The van der Waals surface area contributed by atoms with E-state index in [-0.39, 0.29) is 6.61 Å². The molecule has 0 saturated heterocycles. The zero-order valence-electron chi connectivity index (χ0n) is 9.72. The predicted octanol–water partition coefficient (Wildman–Crippen LogP) is 2.74. The normalized spacial score (nSPS) is 10.5. The van der Waals surface area contributed by atoms with Gasteiger partial charge in [-0.1, -0.05) is 0 Å². The van der Waals surface area contributed by atoms with Crippen LogP contribution in [0.3, 0.4) is 0 Å². The predicted molar refractivity (Wildman–Crippen MR) is 69.5 cm³/mol. The highest BCUT2D eigenvalue weighted by Gasteiger charge is 2.04. The van der Waals surface area contributed by atoms with Gasteiger partial charge in [0.1, 0.15) is 10.8 Å². The first-order chi connectivity index (χ1) is 8.33. The first-order valence-electron chi connectivity index (χ1n) is 5.62. The largest absolute Gasteiger partial charge is 0.494 e. The van der Waals surface area contributed by atoms with Crippen LogP contribution in [0.2, 0.25) is 0 Å². The summed E-state index contributed by atoms with van der Waals surface area (Å²) in [4.78, 5) is 5.46. The highest BCUT2D eigenvalue weighted by Crippen LogP contribution is 2.26. The molecule has 1 heterocycles. The Labute approximate surface area is 105 Å². The summed E-state index contributed by atoms with van der Waals surface area (Å²) in [7, 11) is 0. The molecule has 17 heavy (non-hydrogen) atoms. The smallest absolute Gasteiger partial charge is 0.123 e. The summed E-state index contributed by atoms with van der Waals surface area (Å²) in [6.45, 7) is 2.82.